The van der Waals surface area contributed by atoms with Crippen molar-refractivity contribution in [3.05, 3.63) is 211 Å². The molecule has 0 atom stereocenters. The largest absolute Gasteiger partial charge is 0.262 e. The van der Waals surface area contributed by atoms with E-state index >= 15 is 0 Å². The predicted octanol–water partition coefficient (Wildman–Crippen LogP) is 14.2. The van der Waals surface area contributed by atoms with Crippen LogP contribution in [0.25, 0.3) is 89.5 Å². The molecule has 2 heterocycles. The summed E-state index contributed by atoms with van der Waals surface area (Å²) in [6, 6.07) is 67.4. The van der Waals surface area contributed by atoms with Gasteiger partial charge < -0.3 is 0 Å². The van der Waals surface area contributed by atoms with Crippen molar-refractivity contribution < 1.29 is 0 Å². The molecule has 0 spiro atoms. The van der Waals surface area contributed by atoms with E-state index in [2.05, 4.69) is 195 Å². The Kier molecular flexibility index (Phi) is 8.72. The van der Waals surface area contributed by atoms with Gasteiger partial charge in [-0.05, 0) is 116 Å². The van der Waals surface area contributed by atoms with E-state index in [-0.39, 0.29) is 5.41 Å². The summed E-state index contributed by atoms with van der Waals surface area (Å²) in [7, 11) is 0. The van der Waals surface area contributed by atoms with Crippen molar-refractivity contribution >= 4 is 0 Å². The topological polar surface area (TPSA) is 38.7 Å². The molecule has 0 bridgehead atoms. The molecule has 0 radical (unpaired) electrons. The van der Waals surface area contributed by atoms with Gasteiger partial charge in [-0.3, -0.25) is 4.98 Å². The zero-order valence-corrected chi connectivity index (χ0v) is 32.8. The first-order valence-electron chi connectivity index (χ1n) is 19.9. The fourth-order valence-electron chi connectivity index (χ4n) is 8.52. The predicted molar refractivity (Wildman–Crippen MR) is 240 cm³/mol. The molecule has 1 aliphatic carbocycles. The lowest BCUT2D eigenvalue weighted by atomic mass is 9.82. The number of hydrogen-bond donors (Lipinski definition) is 0. The van der Waals surface area contributed by atoms with Crippen molar-refractivity contribution in [1.29, 1.82) is 0 Å². The van der Waals surface area contributed by atoms with Crippen LogP contribution in [0.4, 0.5) is 0 Å². The molecule has 3 heteroatoms. The Balaban J connectivity index is 1.10. The number of hydrogen-bond acceptors (Lipinski definition) is 3. The molecule has 0 unspecified atom stereocenters. The third kappa shape index (κ3) is 6.51. The fourth-order valence-corrected chi connectivity index (χ4v) is 8.52. The van der Waals surface area contributed by atoms with Crippen LogP contribution < -0.4 is 0 Å². The first kappa shape index (κ1) is 35.2. The van der Waals surface area contributed by atoms with Crippen LogP contribution in [0.15, 0.2) is 194 Å². The number of aromatic nitrogens is 3. The van der Waals surface area contributed by atoms with Crippen LogP contribution in [0.2, 0.25) is 0 Å². The first-order valence-corrected chi connectivity index (χ1v) is 19.9. The molecule has 58 heavy (non-hydrogen) atoms. The molecule has 0 N–H and O–H groups in total. The molecule has 2 aromatic heterocycles. The minimum atomic E-state index is -0.0584. The fraction of sp³-hybridized carbons (Fsp3) is 0.0727. The van der Waals surface area contributed by atoms with Gasteiger partial charge in [0.05, 0.1) is 11.4 Å². The molecule has 9 aromatic rings. The lowest BCUT2D eigenvalue weighted by molar-refractivity contribution is 0.660. The zero-order valence-electron chi connectivity index (χ0n) is 32.8. The van der Waals surface area contributed by atoms with E-state index in [9.17, 15) is 0 Å². The summed E-state index contributed by atoms with van der Waals surface area (Å²) in [5.74, 6) is 0.692. The van der Waals surface area contributed by atoms with Crippen LogP contribution in [0.5, 0.6) is 0 Å². The van der Waals surface area contributed by atoms with Gasteiger partial charge in [0, 0.05) is 34.0 Å². The van der Waals surface area contributed by atoms with E-state index in [1.54, 1.807) is 0 Å². The molecule has 10 rings (SSSR count). The highest BCUT2D eigenvalue weighted by Crippen LogP contribution is 2.49. The smallest absolute Gasteiger partial charge is 0.160 e. The SMILES string of the molecule is Cc1cc(-c2ccc(-c3ccc(-c4cc(-c5ccc6c(c5)-c5ccccc5C6(C)C)cc(-c5nc(-c6ccccc6)cc(-c6ccccc6)n5)c4)cc3)cc2)ccn1. The van der Waals surface area contributed by atoms with Gasteiger partial charge in [0.25, 0.3) is 0 Å². The van der Waals surface area contributed by atoms with E-state index in [0.717, 1.165) is 56.0 Å². The van der Waals surface area contributed by atoms with Crippen LogP contribution in [-0.4, -0.2) is 15.0 Å². The molecule has 0 amide bonds. The Labute approximate surface area is 340 Å². The molecule has 3 nitrogen and oxygen atoms in total. The quantitative estimate of drug-likeness (QED) is 0.163. The number of nitrogens with zero attached hydrogens (tertiary/aromatic N) is 3. The third-order valence-corrected chi connectivity index (χ3v) is 11.6. The van der Waals surface area contributed by atoms with Crippen LogP contribution in [0, 0.1) is 6.92 Å². The molecule has 0 fully saturated rings. The minimum absolute atomic E-state index is 0.0584. The molecular weight excluding hydrogens is 703 g/mol. The summed E-state index contributed by atoms with van der Waals surface area (Å²) in [5.41, 5.74) is 20.4. The standard InChI is InChI=1S/C55H41N3/c1-36-30-44(28-29-56-36)39-22-18-37(19-23-39)38-20-24-40(25-21-38)45-31-46(43-26-27-51-49(34-43)48-16-10-11-17-50(48)55(51,2)3)33-47(32-45)54-57-52(41-12-6-4-7-13-41)35-53(58-54)42-14-8-5-9-15-42/h4-35H,1-3H3. The maximum Gasteiger partial charge on any atom is 0.160 e. The van der Waals surface area contributed by atoms with Gasteiger partial charge in [0.2, 0.25) is 0 Å². The van der Waals surface area contributed by atoms with Crippen molar-refractivity contribution in [2.75, 3.05) is 0 Å². The van der Waals surface area contributed by atoms with Gasteiger partial charge in [0.1, 0.15) is 0 Å². The summed E-state index contributed by atoms with van der Waals surface area (Å²) in [6.45, 7) is 6.69. The van der Waals surface area contributed by atoms with Crippen molar-refractivity contribution in [3.63, 3.8) is 0 Å². The molecule has 1 aliphatic rings. The van der Waals surface area contributed by atoms with Gasteiger partial charge in [-0.25, -0.2) is 9.97 Å². The Morgan fingerprint density at radius 1 is 0.345 bits per heavy atom. The number of pyridine rings is 1. The summed E-state index contributed by atoms with van der Waals surface area (Å²) in [4.78, 5) is 14.9. The Morgan fingerprint density at radius 3 is 1.41 bits per heavy atom. The van der Waals surface area contributed by atoms with Crippen LogP contribution in [0.3, 0.4) is 0 Å². The van der Waals surface area contributed by atoms with Gasteiger partial charge in [0.15, 0.2) is 5.82 Å². The molecule has 0 saturated heterocycles. The van der Waals surface area contributed by atoms with Crippen LogP contribution >= 0.6 is 0 Å². The zero-order chi connectivity index (χ0) is 39.2. The molecule has 0 saturated carbocycles. The lowest BCUT2D eigenvalue weighted by Gasteiger charge is -2.21. The molecular formula is C55H41N3. The second-order valence-corrected chi connectivity index (χ2v) is 15.8. The van der Waals surface area contributed by atoms with E-state index in [4.69, 9.17) is 9.97 Å². The number of benzene rings is 7. The van der Waals surface area contributed by atoms with Crippen molar-refractivity contribution in [3.8, 4) is 89.5 Å². The van der Waals surface area contributed by atoms with E-state index in [0.29, 0.717) is 5.82 Å². The monoisotopic (exact) mass is 743 g/mol. The molecule has 0 aliphatic heterocycles. The maximum absolute atomic E-state index is 5.25. The Bertz CT molecular complexity index is 2890. The maximum atomic E-state index is 5.25. The average molecular weight is 744 g/mol. The van der Waals surface area contributed by atoms with E-state index in [1.807, 2.05) is 25.3 Å². The average Bonchev–Trinajstić information content (AvgIpc) is 3.52. The number of fused-ring (bicyclic) bond motifs is 3. The first-order chi connectivity index (χ1) is 28.4. The third-order valence-electron chi connectivity index (χ3n) is 11.6. The number of aryl methyl sites for hydroxylation is 1. The van der Waals surface area contributed by atoms with Crippen molar-refractivity contribution in [2.24, 2.45) is 0 Å². The summed E-state index contributed by atoms with van der Waals surface area (Å²) >= 11 is 0. The van der Waals surface area contributed by atoms with Gasteiger partial charge >= 0.3 is 0 Å². The van der Waals surface area contributed by atoms with E-state index in [1.165, 1.54) is 44.5 Å². The highest BCUT2D eigenvalue weighted by Gasteiger charge is 2.35. The van der Waals surface area contributed by atoms with Gasteiger partial charge in [-0.1, -0.05) is 159 Å². The minimum Gasteiger partial charge on any atom is -0.262 e. The van der Waals surface area contributed by atoms with Gasteiger partial charge in [-0.2, -0.15) is 0 Å². The normalized spacial score (nSPS) is 12.5. The molecule has 7 aromatic carbocycles. The van der Waals surface area contributed by atoms with Crippen molar-refractivity contribution in [2.45, 2.75) is 26.2 Å². The highest BCUT2D eigenvalue weighted by atomic mass is 14.9. The van der Waals surface area contributed by atoms with Crippen molar-refractivity contribution in [1.82, 2.24) is 15.0 Å². The Morgan fingerprint density at radius 2 is 0.810 bits per heavy atom. The molecule has 276 valence electrons. The summed E-state index contributed by atoms with van der Waals surface area (Å²) in [5, 5.41) is 0. The van der Waals surface area contributed by atoms with Crippen LogP contribution in [0.1, 0.15) is 30.7 Å². The summed E-state index contributed by atoms with van der Waals surface area (Å²) < 4.78 is 0. The second kappa shape index (κ2) is 14.4. The lowest BCUT2D eigenvalue weighted by Crippen LogP contribution is -2.14. The van der Waals surface area contributed by atoms with E-state index < -0.39 is 0 Å². The number of rotatable bonds is 7. The highest BCUT2D eigenvalue weighted by molar-refractivity contribution is 5.87. The van der Waals surface area contributed by atoms with Gasteiger partial charge in [-0.15, -0.1) is 0 Å². The second-order valence-electron chi connectivity index (χ2n) is 15.8. The summed E-state index contributed by atoms with van der Waals surface area (Å²) in [6.07, 6.45) is 1.87. The van der Waals surface area contributed by atoms with Crippen LogP contribution in [-0.2, 0) is 5.41 Å². The Hall–Kier alpha value is -7.23.